The number of hydrogen-bond acceptors (Lipinski definition) is 7. The number of pyridine rings is 1. The van der Waals surface area contributed by atoms with Crippen LogP contribution in [0.25, 0.3) is 10.9 Å². The van der Waals surface area contributed by atoms with Gasteiger partial charge >= 0.3 is 12.0 Å². The number of benzene rings is 1. The molecule has 1 aliphatic rings. The van der Waals surface area contributed by atoms with Crippen LogP contribution in [-0.2, 0) is 22.4 Å². The first kappa shape index (κ1) is 24.9. The summed E-state index contributed by atoms with van der Waals surface area (Å²) in [6, 6.07) is 9.34. The molecule has 1 atom stereocenters. The summed E-state index contributed by atoms with van der Waals surface area (Å²) in [5.41, 5.74) is 3.48. The van der Waals surface area contributed by atoms with Crippen molar-refractivity contribution in [1.82, 2.24) is 14.8 Å². The fourth-order valence-corrected chi connectivity index (χ4v) is 4.12. The van der Waals surface area contributed by atoms with Crippen LogP contribution in [-0.4, -0.2) is 65.4 Å². The van der Waals surface area contributed by atoms with E-state index in [1.54, 1.807) is 17.9 Å². The lowest BCUT2D eigenvalue weighted by atomic mass is 10.1. The Morgan fingerprint density at radius 2 is 2.22 bits per heavy atom. The molecular formula is C26H30N6O4. The topological polar surface area (TPSA) is 123 Å². The Morgan fingerprint density at radius 1 is 1.36 bits per heavy atom. The number of aliphatic imine (C=N–C) groups is 2. The summed E-state index contributed by atoms with van der Waals surface area (Å²) < 4.78 is 12.6. The van der Waals surface area contributed by atoms with Gasteiger partial charge in [0.25, 0.3) is 0 Å². The number of aromatic nitrogens is 3. The number of ether oxygens (including phenoxy) is 2. The number of allylic oxidation sites excluding steroid dienone is 1. The number of carboxylic acid groups (broad SMARTS) is 1. The highest BCUT2D eigenvalue weighted by molar-refractivity contribution is 5.91. The van der Waals surface area contributed by atoms with Crippen molar-refractivity contribution in [3.05, 3.63) is 59.9 Å². The predicted octanol–water partition coefficient (Wildman–Crippen LogP) is 3.69. The first-order valence-electron chi connectivity index (χ1n) is 11.8. The number of carboxylic acids is 1. The molecule has 0 saturated heterocycles. The molecule has 0 bridgehead atoms. The number of nitrogens with zero attached hydrogens (tertiary/aromatic N) is 5. The summed E-state index contributed by atoms with van der Waals surface area (Å²) >= 11 is 0. The van der Waals surface area contributed by atoms with Gasteiger partial charge in [-0.1, -0.05) is 12.6 Å². The molecule has 0 radical (unpaired) electrons. The zero-order valence-corrected chi connectivity index (χ0v) is 20.5. The maximum absolute atomic E-state index is 11.6. The molecule has 1 aliphatic heterocycles. The van der Waals surface area contributed by atoms with Crippen LogP contribution in [0.1, 0.15) is 30.1 Å². The number of rotatable bonds is 9. The summed E-state index contributed by atoms with van der Waals surface area (Å²) in [4.78, 5) is 24.3. The van der Waals surface area contributed by atoms with E-state index in [0.29, 0.717) is 24.4 Å². The summed E-state index contributed by atoms with van der Waals surface area (Å²) in [6.45, 7) is 5.45. The van der Waals surface area contributed by atoms with E-state index >= 15 is 0 Å². The molecule has 3 heterocycles. The monoisotopic (exact) mass is 490 g/mol. The molecule has 188 valence electrons. The number of carbonyl (C=O) groups is 1. The third-order valence-electron chi connectivity index (χ3n) is 5.95. The van der Waals surface area contributed by atoms with E-state index in [1.165, 1.54) is 18.9 Å². The van der Waals surface area contributed by atoms with Gasteiger partial charge in [0.2, 0.25) is 0 Å². The van der Waals surface area contributed by atoms with Gasteiger partial charge in [0.15, 0.2) is 0 Å². The Bertz CT molecular complexity index is 1310. The Hall–Kier alpha value is -4.21. The number of aliphatic carboxylic acids is 1. The average Bonchev–Trinajstić information content (AvgIpc) is 3.30. The lowest BCUT2D eigenvalue weighted by Gasteiger charge is -2.17. The smallest absolute Gasteiger partial charge is 0.311 e. The highest BCUT2D eigenvalue weighted by atomic mass is 16.5. The van der Waals surface area contributed by atoms with Crippen LogP contribution >= 0.6 is 0 Å². The second-order valence-corrected chi connectivity index (χ2v) is 8.41. The normalized spacial score (nSPS) is 14.3. The minimum absolute atomic E-state index is 0.166. The largest absolute Gasteiger partial charge is 0.493 e. The van der Waals surface area contributed by atoms with E-state index in [9.17, 15) is 9.90 Å². The standard InChI is InChI=1S/C26H30N6O4/c1-17(15-29-26(27-2)35-3)23(14-24(33)34)32-22-9-8-21(13-19(22)16-30-32)36-12-10-20-7-6-18-5-4-11-28-25(18)31-20/h6-9,13,15-16,23H,1,4-5,10-12,14H2,2-3H3,(H,28,31)(H,33,34)/b27-26+,29-15-/t23-/m0/s1. The van der Waals surface area contributed by atoms with Crippen LogP contribution in [0.4, 0.5) is 5.82 Å². The van der Waals surface area contributed by atoms with Crippen LogP contribution in [0, 0.1) is 0 Å². The first-order valence-corrected chi connectivity index (χ1v) is 11.8. The number of methoxy groups -OCH3 is 1. The Kier molecular flexibility index (Phi) is 7.94. The number of hydrogen-bond donors (Lipinski definition) is 2. The number of amidine groups is 1. The van der Waals surface area contributed by atoms with Gasteiger partial charge in [-0.3, -0.25) is 9.48 Å². The van der Waals surface area contributed by atoms with Gasteiger partial charge in [-0.05, 0) is 48.2 Å². The summed E-state index contributed by atoms with van der Waals surface area (Å²) in [7, 11) is 3.01. The van der Waals surface area contributed by atoms with Crippen molar-refractivity contribution in [2.75, 3.05) is 32.6 Å². The molecule has 0 amide bonds. The fourth-order valence-electron chi connectivity index (χ4n) is 4.12. The van der Waals surface area contributed by atoms with Crippen molar-refractivity contribution in [1.29, 1.82) is 0 Å². The van der Waals surface area contributed by atoms with Crippen molar-refractivity contribution >= 4 is 34.9 Å². The van der Waals surface area contributed by atoms with Gasteiger partial charge in [0.1, 0.15) is 11.6 Å². The summed E-state index contributed by atoms with van der Waals surface area (Å²) in [6.07, 6.45) is 5.83. The van der Waals surface area contributed by atoms with E-state index < -0.39 is 12.0 Å². The summed E-state index contributed by atoms with van der Waals surface area (Å²) in [5, 5.41) is 18.1. The lowest BCUT2D eigenvalue weighted by Crippen LogP contribution is -2.18. The molecule has 0 saturated carbocycles. The van der Waals surface area contributed by atoms with Gasteiger partial charge in [-0.25, -0.2) is 15.0 Å². The lowest BCUT2D eigenvalue weighted by molar-refractivity contribution is -0.137. The van der Waals surface area contributed by atoms with Gasteiger partial charge in [0.05, 0.1) is 37.9 Å². The number of nitrogens with one attached hydrogen (secondary N) is 1. The third kappa shape index (κ3) is 5.88. The molecule has 36 heavy (non-hydrogen) atoms. The zero-order chi connectivity index (χ0) is 25.5. The number of fused-ring (bicyclic) bond motifs is 2. The SMILES string of the molecule is C=C(/C=N\C(=N/C)OC)[C@H](CC(=O)O)n1ncc2cc(OCCc3ccc4c(n3)NCCC4)ccc21. The van der Waals surface area contributed by atoms with Crippen molar-refractivity contribution in [2.45, 2.75) is 31.7 Å². The second-order valence-electron chi connectivity index (χ2n) is 8.41. The van der Waals surface area contributed by atoms with Crippen molar-refractivity contribution in [3.8, 4) is 5.75 Å². The maximum Gasteiger partial charge on any atom is 0.311 e. The van der Waals surface area contributed by atoms with Crippen molar-refractivity contribution in [2.24, 2.45) is 9.98 Å². The molecule has 3 aromatic rings. The zero-order valence-electron chi connectivity index (χ0n) is 20.5. The molecule has 0 spiro atoms. The fraction of sp³-hybridized carbons (Fsp3) is 0.346. The van der Waals surface area contributed by atoms with E-state index in [0.717, 1.165) is 41.8 Å². The molecule has 0 aliphatic carbocycles. The van der Waals surface area contributed by atoms with Gasteiger partial charge in [-0.2, -0.15) is 5.10 Å². The molecule has 2 N–H and O–H groups in total. The van der Waals surface area contributed by atoms with E-state index in [-0.39, 0.29) is 12.4 Å². The predicted molar refractivity (Wildman–Crippen MR) is 139 cm³/mol. The van der Waals surface area contributed by atoms with E-state index in [2.05, 4.69) is 39.1 Å². The first-order chi connectivity index (χ1) is 17.5. The molecule has 1 aromatic carbocycles. The van der Waals surface area contributed by atoms with Crippen molar-refractivity contribution < 1.29 is 19.4 Å². The highest BCUT2D eigenvalue weighted by Crippen LogP contribution is 2.27. The van der Waals surface area contributed by atoms with Gasteiger partial charge in [0, 0.05) is 37.3 Å². The molecule has 4 rings (SSSR count). The molecule has 0 unspecified atom stereocenters. The second kappa shape index (κ2) is 11.5. The molecule has 10 heteroatoms. The van der Waals surface area contributed by atoms with E-state index in [4.69, 9.17) is 14.5 Å². The minimum atomic E-state index is -0.972. The molecular weight excluding hydrogens is 460 g/mol. The van der Waals surface area contributed by atoms with Gasteiger partial charge in [-0.15, -0.1) is 0 Å². The van der Waals surface area contributed by atoms with Crippen LogP contribution < -0.4 is 10.1 Å². The van der Waals surface area contributed by atoms with Gasteiger partial charge < -0.3 is 19.9 Å². The molecule has 10 nitrogen and oxygen atoms in total. The van der Waals surface area contributed by atoms with Crippen molar-refractivity contribution in [3.63, 3.8) is 0 Å². The minimum Gasteiger partial charge on any atom is -0.493 e. The third-order valence-corrected chi connectivity index (χ3v) is 5.95. The highest BCUT2D eigenvalue weighted by Gasteiger charge is 2.21. The molecule has 0 fully saturated rings. The van der Waals surface area contributed by atoms with E-state index in [1.807, 2.05) is 18.2 Å². The summed E-state index contributed by atoms with van der Waals surface area (Å²) in [5.74, 6) is 0.716. The Balaban J connectivity index is 1.46. The number of anilines is 1. The van der Waals surface area contributed by atoms with Crippen LogP contribution in [0.5, 0.6) is 5.75 Å². The number of aryl methyl sites for hydroxylation is 1. The maximum atomic E-state index is 11.6. The van der Waals surface area contributed by atoms with Crippen LogP contribution in [0.3, 0.4) is 0 Å². The Labute approximate surface area is 209 Å². The molecule has 2 aromatic heterocycles. The van der Waals surface area contributed by atoms with Crippen LogP contribution in [0.2, 0.25) is 0 Å². The quantitative estimate of drug-likeness (QED) is 0.346. The Morgan fingerprint density at radius 3 is 3.00 bits per heavy atom. The van der Waals surface area contributed by atoms with Crippen LogP contribution in [0.15, 0.2) is 58.7 Å². The average molecular weight is 491 g/mol.